The summed E-state index contributed by atoms with van der Waals surface area (Å²) in [4.78, 5) is 43.4. The first kappa shape index (κ1) is 18.8. The molecule has 150 valence electrons. The smallest absolute Gasteiger partial charge is 0.334 e. The van der Waals surface area contributed by atoms with Gasteiger partial charge in [0.25, 0.3) is 5.56 Å². The van der Waals surface area contributed by atoms with E-state index in [-0.39, 0.29) is 23.3 Å². The number of likely N-dealkylation sites (tertiary alicyclic amines) is 1. The van der Waals surface area contributed by atoms with Gasteiger partial charge in [-0.3, -0.25) is 14.2 Å². The standard InChI is InChI=1S/C19H20N6O4/c1-12-6-8-13(9-7-12)25-19(28)23(2)17(26)14(21-25)15-20-16(29-22-15)18(27)24-10-4-3-5-11-24/h6-9H,3-5,10-11H2,1-2H3. The Balaban J connectivity index is 1.75. The van der Waals surface area contributed by atoms with Crippen molar-refractivity contribution in [3.8, 4) is 17.2 Å². The van der Waals surface area contributed by atoms with Crippen LogP contribution in [0.3, 0.4) is 0 Å². The zero-order valence-corrected chi connectivity index (χ0v) is 16.2. The number of hydrogen-bond acceptors (Lipinski definition) is 7. The maximum Gasteiger partial charge on any atom is 0.351 e. The Morgan fingerprint density at radius 3 is 2.45 bits per heavy atom. The molecule has 1 saturated heterocycles. The molecule has 1 fully saturated rings. The van der Waals surface area contributed by atoms with Gasteiger partial charge in [-0.25, -0.2) is 4.79 Å². The lowest BCUT2D eigenvalue weighted by molar-refractivity contribution is 0.0674. The van der Waals surface area contributed by atoms with Crippen LogP contribution in [0.25, 0.3) is 17.2 Å². The van der Waals surface area contributed by atoms with Gasteiger partial charge in [0, 0.05) is 20.1 Å². The van der Waals surface area contributed by atoms with E-state index < -0.39 is 11.2 Å². The summed E-state index contributed by atoms with van der Waals surface area (Å²) in [5, 5.41) is 7.91. The largest absolute Gasteiger partial charge is 0.351 e. The van der Waals surface area contributed by atoms with Crippen molar-refractivity contribution in [3.05, 3.63) is 56.6 Å². The average molecular weight is 396 g/mol. The number of rotatable bonds is 3. The highest BCUT2D eigenvalue weighted by Crippen LogP contribution is 2.15. The quantitative estimate of drug-likeness (QED) is 0.646. The molecule has 3 aromatic rings. The number of aryl methyl sites for hydroxylation is 1. The first-order chi connectivity index (χ1) is 14.0. The number of nitrogens with zero attached hydrogens (tertiary/aromatic N) is 6. The summed E-state index contributed by atoms with van der Waals surface area (Å²) in [6.07, 6.45) is 2.94. The van der Waals surface area contributed by atoms with Crippen LogP contribution in [-0.4, -0.2) is 48.4 Å². The Kier molecular flexibility index (Phi) is 4.83. The van der Waals surface area contributed by atoms with Crippen LogP contribution in [0.5, 0.6) is 0 Å². The molecule has 4 rings (SSSR count). The molecule has 0 saturated carbocycles. The molecule has 10 nitrogen and oxygen atoms in total. The van der Waals surface area contributed by atoms with Gasteiger partial charge in [0.2, 0.25) is 5.82 Å². The van der Waals surface area contributed by atoms with E-state index in [9.17, 15) is 14.4 Å². The van der Waals surface area contributed by atoms with Crippen molar-refractivity contribution >= 4 is 5.91 Å². The van der Waals surface area contributed by atoms with Crippen LogP contribution in [0, 0.1) is 6.92 Å². The summed E-state index contributed by atoms with van der Waals surface area (Å²) in [5.74, 6) is -0.696. The van der Waals surface area contributed by atoms with Crippen LogP contribution in [-0.2, 0) is 7.05 Å². The van der Waals surface area contributed by atoms with Crippen molar-refractivity contribution in [2.24, 2.45) is 7.05 Å². The second-order valence-electron chi connectivity index (χ2n) is 7.02. The van der Waals surface area contributed by atoms with Gasteiger partial charge in [0.05, 0.1) is 5.69 Å². The van der Waals surface area contributed by atoms with Gasteiger partial charge in [-0.15, -0.1) is 0 Å². The monoisotopic (exact) mass is 396 g/mol. The number of aromatic nitrogens is 5. The predicted octanol–water partition coefficient (Wildman–Crippen LogP) is 0.916. The highest BCUT2D eigenvalue weighted by Gasteiger charge is 2.26. The number of amides is 1. The van der Waals surface area contributed by atoms with E-state index in [1.807, 2.05) is 19.1 Å². The molecule has 1 aliphatic rings. The molecule has 1 aliphatic heterocycles. The number of hydrogen-bond donors (Lipinski definition) is 0. The summed E-state index contributed by atoms with van der Waals surface area (Å²) < 4.78 is 7.11. The van der Waals surface area contributed by atoms with E-state index in [4.69, 9.17) is 4.52 Å². The van der Waals surface area contributed by atoms with E-state index in [1.165, 1.54) is 7.05 Å². The molecule has 2 aromatic heterocycles. The molecular formula is C19H20N6O4. The fourth-order valence-electron chi connectivity index (χ4n) is 3.21. The number of carbonyl (C=O) groups is 1. The van der Waals surface area contributed by atoms with Crippen molar-refractivity contribution in [1.29, 1.82) is 0 Å². The molecule has 0 spiro atoms. The second kappa shape index (κ2) is 7.46. The Morgan fingerprint density at radius 2 is 1.76 bits per heavy atom. The fraction of sp³-hybridized carbons (Fsp3) is 0.368. The highest BCUT2D eigenvalue weighted by molar-refractivity contribution is 5.90. The molecule has 0 N–H and O–H groups in total. The minimum atomic E-state index is -0.670. The SMILES string of the molecule is Cc1ccc(-n2nc(-c3noc(C(=O)N4CCCCC4)n3)c(=O)n(C)c2=O)cc1. The Labute approximate surface area is 165 Å². The minimum Gasteiger partial charge on any atom is -0.334 e. The van der Waals surface area contributed by atoms with Crippen molar-refractivity contribution in [3.63, 3.8) is 0 Å². The molecule has 0 unspecified atom stereocenters. The maximum atomic E-state index is 12.6. The molecule has 0 atom stereocenters. The van der Waals surface area contributed by atoms with E-state index in [0.717, 1.165) is 34.1 Å². The summed E-state index contributed by atoms with van der Waals surface area (Å²) in [7, 11) is 1.35. The summed E-state index contributed by atoms with van der Waals surface area (Å²) in [6.45, 7) is 3.19. The van der Waals surface area contributed by atoms with Gasteiger partial charge in [-0.1, -0.05) is 22.9 Å². The van der Waals surface area contributed by atoms with E-state index in [0.29, 0.717) is 18.8 Å². The van der Waals surface area contributed by atoms with E-state index in [1.54, 1.807) is 17.0 Å². The summed E-state index contributed by atoms with van der Waals surface area (Å²) >= 11 is 0. The number of piperidine rings is 1. The van der Waals surface area contributed by atoms with E-state index in [2.05, 4.69) is 15.2 Å². The van der Waals surface area contributed by atoms with Gasteiger partial charge >= 0.3 is 17.5 Å². The molecule has 0 aliphatic carbocycles. The Hall–Kier alpha value is -3.56. The van der Waals surface area contributed by atoms with E-state index >= 15 is 0 Å². The Bertz CT molecular complexity index is 1170. The van der Waals surface area contributed by atoms with Crippen LogP contribution < -0.4 is 11.2 Å². The predicted molar refractivity (Wildman–Crippen MR) is 103 cm³/mol. The molecular weight excluding hydrogens is 376 g/mol. The average Bonchev–Trinajstić information content (AvgIpc) is 3.23. The molecule has 0 bridgehead atoms. The van der Waals surface area contributed by atoms with Crippen LogP contribution in [0.15, 0.2) is 38.4 Å². The third-order valence-corrected chi connectivity index (χ3v) is 4.92. The third-order valence-electron chi connectivity index (χ3n) is 4.92. The number of carbonyl (C=O) groups excluding carboxylic acids is 1. The lowest BCUT2D eigenvalue weighted by Gasteiger charge is -2.24. The highest BCUT2D eigenvalue weighted by atomic mass is 16.5. The Morgan fingerprint density at radius 1 is 1.07 bits per heavy atom. The summed E-state index contributed by atoms with van der Waals surface area (Å²) in [5.41, 5.74) is 0.0670. The third kappa shape index (κ3) is 3.48. The molecule has 1 amide bonds. The summed E-state index contributed by atoms with van der Waals surface area (Å²) in [6, 6.07) is 7.11. The van der Waals surface area contributed by atoms with Crippen molar-refractivity contribution in [2.45, 2.75) is 26.2 Å². The van der Waals surface area contributed by atoms with Crippen molar-refractivity contribution in [1.82, 2.24) is 29.4 Å². The van der Waals surface area contributed by atoms with Gasteiger partial charge in [-0.05, 0) is 38.3 Å². The van der Waals surface area contributed by atoms with Crippen molar-refractivity contribution < 1.29 is 9.32 Å². The van der Waals surface area contributed by atoms with Gasteiger partial charge < -0.3 is 9.42 Å². The topological polar surface area (TPSA) is 116 Å². The number of benzene rings is 1. The lowest BCUT2D eigenvalue weighted by Crippen LogP contribution is -2.40. The molecule has 0 radical (unpaired) electrons. The molecule has 1 aromatic carbocycles. The van der Waals surface area contributed by atoms with Crippen LogP contribution in [0.1, 0.15) is 35.5 Å². The first-order valence-corrected chi connectivity index (χ1v) is 9.36. The van der Waals surface area contributed by atoms with Crippen LogP contribution >= 0.6 is 0 Å². The van der Waals surface area contributed by atoms with Crippen molar-refractivity contribution in [2.75, 3.05) is 13.1 Å². The minimum absolute atomic E-state index is 0.133. The normalized spacial score (nSPS) is 14.2. The molecule has 29 heavy (non-hydrogen) atoms. The second-order valence-corrected chi connectivity index (χ2v) is 7.02. The van der Waals surface area contributed by atoms with Gasteiger partial charge in [0.15, 0.2) is 5.69 Å². The lowest BCUT2D eigenvalue weighted by atomic mass is 10.1. The zero-order chi connectivity index (χ0) is 20.5. The van der Waals surface area contributed by atoms with Gasteiger partial charge in [0.1, 0.15) is 0 Å². The zero-order valence-electron chi connectivity index (χ0n) is 16.2. The molecule has 10 heteroatoms. The fourth-order valence-corrected chi connectivity index (χ4v) is 3.21. The van der Waals surface area contributed by atoms with Crippen LogP contribution in [0.2, 0.25) is 0 Å². The first-order valence-electron chi connectivity index (χ1n) is 9.36. The molecule has 3 heterocycles. The maximum absolute atomic E-state index is 12.6. The van der Waals surface area contributed by atoms with Gasteiger partial charge in [-0.2, -0.15) is 14.8 Å². The van der Waals surface area contributed by atoms with Crippen LogP contribution in [0.4, 0.5) is 0 Å².